The zero-order valence-electron chi connectivity index (χ0n) is 19.8. The maximum atomic E-state index is 13.1. The lowest BCUT2D eigenvalue weighted by Crippen LogP contribution is -2.35. The molecule has 0 atom stereocenters. The van der Waals surface area contributed by atoms with E-state index in [4.69, 9.17) is 9.47 Å². The monoisotopic (exact) mass is 499 g/mol. The van der Waals surface area contributed by atoms with Gasteiger partial charge < -0.3 is 20.1 Å². The number of rotatable bonds is 8. The fourth-order valence-corrected chi connectivity index (χ4v) is 3.97. The first-order valence-electron chi connectivity index (χ1n) is 11.5. The second kappa shape index (κ2) is 9.69. The van der Waals surface area contributed by atoms with Gasteiger partial charge in [-0.3, -0.25) is 19.4 Å². The molecule has 1 aliphatic carbocycles. The first-order chi connectivity index (χ1) is 17.9. The van der Waals surface area contributed by atoms with Crippen LogP contribution in [0.15, 0.2) is 72.9 Å². The number of amides is 2. The molecule has 0 spiro atoms. The molecular formula is C28H22FN3O5. The Kier molecular flexibility index (Phi) is 6.27. The van der Waals surface area contributed by atoms with Gasteiger partial charge in [0.15, 0.2) is 6.29 Å². The molecule has 0 saturated heterocycles. The summed E-state index contributed by atoms with van der Waals surface area (Å²) in [4.78, 5) is 41.4. The summed E-state index contributed by atoms with van der Waals surface area (Å²) in [5.74, 6) is 0.189. The first-order valence-corrected chi connectivity index (χ1v) is 11.5. The van der Waals surface area contributed by atoms with Gasteiger partial charge in [-0.05, 0) is 73.5 Å². The van der Waals surface area contributed by atoms with E-state index in [9.17, 15) is 18.8 Å². The average Bonchev–Trinajstić information content (AvgIpc) is 3.73. The van der Waals surface area contributed by atoms with Crippen LogP contribution in [0.5, 0.6) is 17.2 Å². The van der Waals surface area contributed by atoms with Gasteiger partial charge in [0.1, 0.15) is 28.5 Å². The molecule has 2 N–H and O–H groups in total. The molecule has 8 nitrogen and oxygen atoms in total. The van der Waals surface area contributed by atoms with E-state index >= 15 is 0 Å². The lowest BCUT2D eigenvalue weighted by molar-refractivity contribution is -0.131. The summed E-state index contributed by atoms with van der Waals surface area (Å²) in [6.45, 7) is 0. The molecule has 1 fully saturated rings. The molecule has 2 amide bonds. The summed E-state index contributed by atoms with van der Waals surface area (Å²) in [5.41, 5.74) is 0.762. The molecule has 9 heteroatoms. The number of halogens is 1. The number of nitrogens with one attached hydrogen (secondary N) is 2. The van der Waals surface area contributed by atoms with Crippen LogP contribution in [-0.4, -0.2) is 30.2 Å². The maximum absolute atomic E-state index is 13.1. The van der Waals surface area contributed by atoms with Gasteiger partial charge in [-0.25, -0.2) is 4.39 Å². The van der Waals surface area contributed by atoms with Crippen LogP contribution in [-0.2, 0) is 9.59 Å². The van der Waals surface area contributed by atoms with Crippen molar-refractivity contribution in [2.75, 3.05) is 17.7 Å². The standard InChI is InChI=1S/C28H22FN3O5/c1-36-25-15-23-22(14-17(25)16-33)24(10-13-30-23)37-21-8-6-20(7-9-21)32-27(35)28(11-12-28)26(34)31-19-4-2-18(29)3-5-19/h2-10,13-16H,11-12H2,1H3,(H,31,34)(H,32,35). The summed E-state index contributed by atoms with van der Waals surface area (Å²) < 4.78 is 24.4. The van der Waals surface area contributed by atoms with E-state index in [1.54, 1.807) is 48.7 Å². The molecule has 1 heterocycles. The average molecular weight is 499 g/mol. The van der Waals surface area contributed by atoms with Gasteiger partial charge in [0.25, 0.3) is 0 Å². The predicted octanol–water partition coefficient (Wildman–Crippen LogP) is 5.34. The summed E-state index contributed by atoms with van der Waals surface area (Å²) in [6.07, 6.45) is 3.16. The van der Waals surface area contributed by atoms with Crippen molar-refractivity contribution in [3.05, 3.63) is 84.3 Å². The molecule has 0 radical (unpaired) electrons. The number of anilines is 2. The second-order valence-electron chi connectivity index (χ2n) is 8.66. The van der Waals surface area contributed by atoms with Gasteiger partial charge in [-0.15, -0.1) is 0 Å². The van der Waals surface area contributed by atoms with Gasteiger partial charge in [0, 0.05) is 29.0 Å². The van der Waals surface area contributed by atoms with Crippen molar-refractivity contribution in [1.29, 1.82) is 0 Å². The van der Waals surface area contributed by atoms with E-state index < -0.39 is 23.0 Å². The number of aldehydes is 1. The van der Waals surface area contributed by atoms with Crippen LogP contribution in [0, 0.1) is 11.2 Å². The highest BCUT2D eigenvalue weighted by molar-refractivity contribution is 6.16. The Morgan fingerprint density at radius 1 is 0.919 bits per heavy atom. The minimum atomic E-state index is -1.16. The summed E-state index contributed by atoms with van der Waals surface area (Å²) >= 11 is 0. The van der Waals surface area contributed by atoms with Crippen molar-refractivity contribution in [3.8, 4) is 17.2 Å². The lowest BCUT2D eigenvalue weighted by Gasteiger charge is -2.16. The molecule has 37 heavy (non-hydrogen) atoms. The molecule has 0 unspecified atom stereocenters. The van der Waals surface area contributed by atoms with Crippen LogP contribution in [0.25, 0.3) is 10.9 Å². The van der Waals surface area contributed by atoms with Gasteiger partial charge in [-0.1, -0.05) is 0 Å². The Labute approximate surface area is 211 Å². The molecule has 4 aromatic rings. The summed E-state index contributed by atoms with van der Waals surface area (Å²) in [6, 6.07) is 17.1. The number of carbonyl (C=O) groups excluding carboxylic acids is 3. The van der Waals surface area contributed by atoms with Crippen LogP contribution in [0.4, 0.5) is 15.8 Å². The van der Waals surface area contributed by atoms with Gasteiger partial charge in [0.05, 0.1) is 18.2 Å². The van der Waals surface area contributed by atoms with Gasteiger partial charge >= 0.3 is 0 Å². The third-order valence-electron chi connectivity index (χ3n) is 6.24. The highest BCUT2D eigenvalue weighted by Crippen LogP contribution is 2.47. The normalized spacial score (nSPS) is 13.5. The third-order valence-corrected chi connectivity index (χ3v) is 6.24. The van der Waals surface area contributed by atoms with Crippen LogP contribution >= 0.6 is 0 Å². The fraction of sp³-hybridized carbons (Fsp3) is 0.143. The second-order valence-corrected chi connectivity index (χ2v) is 8.66. The Morgan fingerprint density at radius 2 is 1.54 bits per heavy atom. The van der Waals surface area contributed by atoms with Crippen molar-refractivity contribution in [2.45, 2.75) is 12.8 Å². The number of methoxy groups -OCH3 is 1. The number of pyridine rings is 1. The molecule has 1 aromatic heterocycles. The van der Waals surface area contributed by atoms with Crippen molar-refractivity contribution in [2.24, 2.45) is 5.41 Å². The molecular weight excluding hydrogens is 477 g/mol. The van der Waals surface area contributed by atoms with E-state index in [1.807, 2.05) is 0 Å². The van der Waals surface area contributed by atoms with Gasteiger partial charge in [-0.2, -0.15) is 0 Å². The molecule has 3 aromatic carbocycles. The number of benzene rings is 3. The SMILES string of the molecule is COc1cc2nccc(Oc3ccc(NC(=O)C4(C(=O)Nc5ccc(F)cc5)CC4)cc3)c2cc1C=O. The first kappa shape index (κ1) is 23.9. The third kappa shape index (κ3) is 4.84. The van der Waals surface area contributed by atoms with E-state index in [1.165, 1.54) is 31.4 Å². The lowest BCUT2D eigenvalue weighted by atomic mass is 10.0. The zero-order chi connectivity index (χ0) is 26.0. The minimum absolute atomic E-state index is 0.378. The van der Waals surface area contributed by atoms with Crippen molar-refractivity contribution >= 4 is 40.4 Å². The number of hydrogen-bond acceptors (Lipinski definition) is 6. The molecule has 5 rings (SSSR count). The quantitative estimate of drug-likeness (QED) is 0.250. The van der Waals surface area contributed by atoms with Crippen LogP contribution in [0.2, 0.25) is 0 Å². The van der Waals surface area contributed by atoms with Crippen LogP contribution < -0.4 is 20.1 Å². The molecule has 186 valence electrons. The number of ether oxygens (including phenoxy) is 2. The van der Waals surface area contributed by atoms with Crippen molar-refractivity contribution in [3.63, 3.8) is 0 Å². The molecule has 1 saturated carbocycles. The zero-order valence-corrected chi connectivity index (χ0v) is 19.8. The Balaban J connectivity index is 1.27. The highest BCUT2D eigenvalue weighted by Gasteiger charge is 2.56. The number of carbonyl (C=O) groups is 3. The fourth-order valence-electron chi connectivity index (χ4n) is 3.97. The summed E-state index contributed by atoms with van der Waals surface area (Å²) in [5, 5.41) is 6.12. The number of hydrogen-bond donors (Lipinski definition) is 2. The molecule has 1 aliphatic rings. The Morgan fingerprint density at radius 3 is 2.11 bits per heavy atom. The predicted molar refractivity (Wildman–Crippen MR) is 136 cm³/mol. The van der Waals surface area contributed by atoms with Crippen molar-refractivity contribution in [1.82, 2.24) is 4.98 Å². The minimum Gasteiger partial charge on any atom is -0.496 e. The van der Waals surface area contributed by atoms with E-state index in [0.29, 0.717) is 64.2 Å². The smallest absolute Gasteiger partial charge is 0.240 e. The van der Waals surface area contributed by atoms with Crippen LogP contribution in [0.1, 0.15) is 23.2 Å². The Hall–Kier alpha value is -4.79. The van der Waals surface area contributed by atoms with E-state index in [-0.39, 0.29) is 0 Å². The number of nitrogens with zero attached hydrogens (tertiary/aromatic N) is 1. The maximum Gasteiger partial charge on any atom is 0.240 e. The van der Waals surface area contributed by atoms with E-state index in [2.05, 4.69) is 15.6 Å². The van der Waals surface area contributed by atoms with Gasteiger partial charge in [0.2, 0.25) is 11.8 Å². The largest absolute Gasteiger partial charge is 0.496 e. The highest BCUT2D eigenvalue weighted by atomic mass is 19.1. The number of aromatic nitrogens is 1. The van der Waals surface area contributed by atoms with Crippen molar-refractivity contribution < 1.29 is 28.2 Å². The van der Waals surface area contributed by atoms with Crippen LogP contribution in [0.3, 0.4) is 0 Å². The number of fused-ring (bicyclic) bond motifs is 1. The van der Waals surface area contributed by atoms with E-state index in [0.717, 1.165) is 0 Å². The molecule has 0 aliphatic heterocycles. The summed E-state index contributed by atoms with van der Waals surface area (Å²) in [7, 11) is 1.48. The molecule has 0 bridgehead atoms. The topological polar surface area (TPSA) is 107 Å². The Bertz CT molecular complexity index is 1500.